The Labute approximate surface area is 148 Å². The number of nitrogens with zero attached hydrogens (tertiary/aromatic N) is 2. The fourth-order valence-electron chi connectivity index (χ4n) is 5.40. The number of hydrogen-bond acceptors (Lipinski definition) is 1. The molecule has 2 aliphatic carbocycles. The van der Waals surface area contributed by atoms with Crippen molar-refractivity contribution in [1.29, 1.82) is 0 Å². The Hall–Kier alpha value is -2.42. The van der Waals surface area contributed by atoms with Crippen LogP contribution in [0.1, 0.15) is 30.4 Å². The summed E-state index contributed by atoms with van der Waals surface area (Å²) < 4.78 is 2.32. The zero-order valence-corrected chi connectivity index (χ0v) is 14.5. The van der Waals surface area contributed by atoms with E-state index in [9.17, 15) is 4.79 Å². The maximum atomic E-state index is 13.0. The molecular weight excluding hydrogens is 308 g/mol. The standard InChI is InChI=1S/C22H23N2O/c1-23-22(25)19-17-12-13-18(14-17)21(19)24(23)20(15-8-4-2-5-9-15)16-10-6-3-7-11-16/h2-11,17-19,21H,12-14H2,1H3/q+1/t17-,18+,19+,21-/m1/s1. The second-order valence-electron chi connectivity index (χ2n) is 7.64. The number of hydrogen-bond donors (Lipinski definition) is 0. The first-order chi connectivity index (χ1) is 12.3. The van der Waals surface area contributed by atoms with E-state index in [-0.39, 0.29) is 5.92 Å². The summed E-state index contributed by atoms with van der Waals surface area (Å²) in [6.45, 7) is 0. The quantitative estimate of drug-likeness (QED) is 0.774. The number of hydrazine groups is 1. The molecule has 3 nitrogen and oxygen atoms in total. The average Bonchev–Trinajstić information content (AvgIpc) is 3.33. The lowest BCUT2D eigenvalue weighted by Gasteiger charge is -2.19. The van der Waals surface area contributed by atoms with Crippen LogP contribution in [0.3, 0.4) is 0 Å². The summed E-state index contributed by atoms with van der Waals surface area (Å²) >= 11 is 0. The van der Waals surface area contributed by atoms with E-state index in [4.69, 9.17) is 0 Å². The van der Waals surface area contributed by atoms with Gasteiger partial charge >= 0.3 is 0 Å². The van der Waals surface area contributed by atoms with Gasteiger partial charge in [-0.1, -0.05) is 36.4 Å². The van der Waals surface area contributed by atoms with Crippen molar-refractivity contribution in [2.24, 2.45) is 17.8 Å². The predicted octanol–water partition coefficient (Wildman–Crippen LogP) is 3.34. The van der Waals surface area contributed by atoms with Crippen LogP contribution in [0.25, 0.3) is 0 Å². The molecule has 1 saturated heterocycles. The Kier molecular flexibility index (Phi) is 3.30. The van der Waals surface area contributed by atoms with Gasteiger partial charge in [-0.05, 0) is 49.4 Å². The van der Waals surface area contributed by atoms with Crippen molar-refractivity contribution in [2.75, 3.05) is 7.05 Å². The van der Waals surface area contributed by atoms with Gasteiger partial charge in [0.25, 0.3) is 5.91 Å². The fourth-order valence-corrected chi connectivity index (χ4v) is 5.40. The Morgan fingerprint density at radius 3 is 2.08 bits per heavy atom. The predicted molar refractivity (Wildman–Crippen MR) is 97.2 cm³/mol. The molecule has 2 bridgehead atoms. The zero-order chi connectivity index (χ0) is 17.0. The lowest BCUT2D eigenvalue weighted by molar-refractivity contribution is -0.683. The Bertz CT molecular complexity index is 801. The van der Waals surface area contributed by atoms with Crippen molar-refractivity contribution in [3.05, 3.63) is 71.8 Å². The molecule has 2 aromatic carbocycles. The van der Waals surface area contributed by atoms with Crippen molar-refractivity contribution >= 4 is 11.6 Å². The summed E-state index contributed by atoms with van der Waals surface area (Å²) in [5.74, 6) is 1.72. The highest BCUT2D eigenvalue weighted by Crippen LogP contribution is 2.53. The first-order valence-electron chi connectivity index (χ1n) is 9.30. The highest BCUT2D eigenvalue weighted by atomic mass is 16.2. The van der Waals surface area contributed by atoms with Crippen molar-refractivity contribution in [1.82, 2.24) is 5.01 Å². The van der Waals surface area contributed by atoms with Crippen LogP contribution in [0.5, 0.6) is 0 Å². The molecule has 0 unspecified atom stereocenters. The summed E-state index contributed by atoms with van der Waals surface area (Å²) in [7, 11) is 1.95. The molecule has 25 heavy (non-hydrogen) atoms. The van der Waals surface area contributed by atoms with Crippen LogP contribution in [-0.4, -0.2) is 34.4 Å². The van der Waals surface area contributed by atoms with Crippen LogP contribution in [0.2, 0.25) is 0 Å². The number of carbonyl (C=O) groups is 1. The third-order valence-electron chi connectivity index (χ3n) is 6.41. The molecule has 0 spiro atoms. The Morgan fingerprint density at radius 2 is 1.48 bits per heavy atom. The largest absolute Gasteiger partial charge is 0.287 e. The molecule has 2 saturated carbocycles. The first-order valence-corrected chi connectivity index (χ1v) is 9.30. The van der Waals surface area contributed by atoms with E-state index in [1.165, 1.54) is 30.4 Å². The topological polar surface area (TPSA) is 23.3 Å². The van der Waals surface area contributed by atoms with E-state index in [1.807, 2.05) is 24.2 Å². The summed E-state index contributed by atoms with van der Waals surface area (Å²) in [4.78, 5) is 13.0. The summed E-state index contributed by atoms with van der Waals surface area (Å²) in [6.07, 6.45) is 3.72. The smallest absolute Gasteiger partial charge is 0.268 e. The number of fused-ring (bicyclic) bond motifs is 5. The molecule has 0 aromatic heterocycles. The minimum atomic E-state index is 0.186. The summed E-state index contributed by atoms with van der Waals surface area (Å²) in [5, 5.41) is 1.90. The molecule has 1 aliphatic heterocycles. The van der Waals surface area contributed by atoms with Crippen molar-refractivity contribution in [3.8, 4) is 0 Å². The molecule has 1 amide bonds. The average molecular weight is 331 g/mol. The lowest BCUT2D eigenvalue weighted by Crippen LogP contribution is -2.40. The first kappa shape index (κ1) is 14.9. The van der Waals surface area contributed by atoms with Crippen LogP contribution in [0, 0.1) is 17.8 Å². The highest BCUT2D eigenvalue weighted by molar-refractivity contribution is 6.10. The van der Waals surface area contributed by atoms with Gasteiger partial charge in [-0.15, -0.1) is 9.69 Å². The van der Waals surface area contributed by atoms with E-state index in [1.54, 1.807) is 0 Å². The SMILES string of the molecule is CN1C(=O)[C@H]2[C@@H]3CC[C@@H](C3)[C@H]2[N+]1=C(c1ccccc1)c1ccccc1. The molecule has 3 aliphatic rings. The zero-order valence-electron chi connectivity index (χ0n) is 14.5. The van der Waals surface area contributed by atoms with Gasteiger partial charge in [0, 0.05) is 17.0 Å². The second-order valence-corrected chi connectivity index (χ2v) is 7.64. The fraction of sp³-hybridized carbons (Fsp3) is 0.364. The molecule has 5 rings (SSSR count). The van der Waals surface area contributed by atoms with Gasteiger partial charge in [0.05, 0.1) is 7.05 Å². The maximum absolute atomic E-state index is 13.0. The Balaban J connectivity index is 1.76. The number of rotatable bonds is 2. The number of benzene rings is 2. The third-order valence-corrected chi connectivity index (χ3v) is 6.41. The minimum Gasteiger partial charge on any atom is -0.268 e. The molecule has 2 aromatic rings. The molecule has 4 atom stereocenters. The van der Waals surface area contributed by atoms with E-state index < -0.39 is 0 Å². The van der Waals surface area contributed by atoms with Crippen LogP contribution in [-0.2, 0) is 4.79 Å². The van der Waals surface area contributed by atoms with Crippen LogP contribution < -0.4 is 0 Å². The van der Waals surface area contributed by atoms with Crippen molar-refractivity contribution in [2.45, 2.75) is 25.3 Å². The lowest BCUT2D eigenvalue weighted by atomic mass is 9.85. The van der Waals surface area contributed by atoms with Gasteiger partial charge in [0.1, 0.15) is 5.92 Å². The molecule has 0 N–H and O–H groups in total. The maximum Gasteiger partial charge on any atom is 0.287 e. The van der Waals surface area contributed by atoms with E-state index in [0.29, 0.717) is 23.8 Å². The van der Waals surface area contributed by atoms with Gasteiger partial charge in [-0.25, -0.2) is 0 Å². The normalized spacial score (nSPS) is 30.0. The van der Waals surface area contributed by atoms with E-state index >= 15 is 0 Å². The summed E-state index contributed by atoms with van der Waals surface area (Å²) in [6, 6.07) is 21.3. The molecule has 126 valence electrons. The minimum absolute atomic E-state index is 0.186. The van der Waals surface area contributed by atoms with E-state index in [2.05, 4.69) is 53.2 Å². The molecule has 1 heterocycles. The van der Waals surface area contributed by atoms with Crippen molar-refractivity contribution < 1.29 is 9.48 Å². The number of hydrazone groups is 1. The highest BCUT2D eigenvalue weighted by Gasteiger charge is 2.64. The molecule has 0 radical (unpaired) electrons. The van der Waals surface area contributed by atoms with Gasteiger partial charge in [-0.2, -0.15) is 0 Å². The van der Waals surface area contributed by atoms with Gasteiger partial charge in [0.15, 0.2) is 6.04 Å². The van der Waals surface area contributed by atoms with Crippen LogP contribution >= 0.6 is 0 Å². The molecule has 3 fully saturated rings. The van der Waals surface area contributed by atoms with Gasteiger partial charge in [-0.3, -0.25) is 4.79 Å². The molecule has 3 heteroatoms. The Morgan fingerprint density at radius 1 is 0.920 bits per heavy atom. The van der Waals surface area contributed by atoms with Crippen LogP contribution in [0.15, 0.2) is 60.7 Å². The van der Waals surface area contributed by atoms with Crippen molar-refractivity contribution in [3.63, 3.8) is 0 Å². The van der Waals surface area contributed by atoms with E-state index in [0.717, 1.165) is 5.71 Å². The number of carbonyl (C=O) groups excluding carboxylic acids is 1. The van der Waals surface area contributed by atoms with Gasteiger partial charge < -0.3 is 0 Å². The summed E-state index contributed by atoms with van der Waals surface area (Å²) in [5.41, 5.74) is 3.52. The number of amides is 1. The monoisotopic (exact) mass is 331 g/mol. The van der Waals surface area contributed by atoms with Gasteiger partial charge in [0.2, 0.25) is 5.71 Å². The second kappa shape index (κ2) is 5.55. The third kappa shape index (κ3) is 2.11. The molecular formula is C22H23N2O+. The van der Waals surface area contributed by atoms with Crippen LogP contribution in [0.4, 0.5) is 0 Å².